The number of nitrogens with zero attached hydrogens (tertiary/aromatic N) is 5. The molecule has 0 saturated heterocycles. The van der Waals surface area contributed by atoms with Crippen molar-refractivity contribution in [3.8, 4) is 0 Å². The molecule has 1 unspecified atom stereocenters. The van der Waals surface area contributed by atoms with E-state index in [2.05, 4.69) is 20.3 Å². The highest BCUT2D eigenvalue weighted by Crippen LogP contribution is 2.21. The first kappa shape index (κ1) is 15.9. The second-order valence-electron chi connectivity index (χ2n) is 5.42. The first-order chi connectivity index (χ1) is 10.4. The van der Waals surface area contributed by atoms with Crippen molar-refractivity contribution in [3.05, 3.63) is 45.9 Å². The van der Waals surface area contributed by atoms with Crippen molar-refractivity contribution in [1.82, 2.24) is 19.7 Å². The average Bonchev–Trinajstić information content (AvgIpc) is 2.84. The molecule has 0 bridgehead atoms. The summed E-state index contributed by atoms with van der Waals surface area (Å²) in [5.74, 6) is 0.624. The van der Waals surface area contributed by atoms with Crippen LogP contribution in [0.4, 0.5) is 11.5 Å². The number of pyridine rings is 1. The molecule has 1 N–H and O–H groups in total. The van der Waals surface area contributed by atoms with Gasteiger partial charge in [0.2, 0.25) is 0 Å². The number of rotatable bonds is 6. The van der Waals surface area contributed by atoms with Crippen LogP contribution < -0.4 is 5.32 Å². The fourth-order valence-corrected chi connectivity index (χ4v) is 2.25. The molecule has 2 aromatic heterocycles. The third kappa shape index (κ3) is 3.59. The Morgan fingerprint density at radius 2 is 2.18 bits per heavy atom. The van der Waals surface area contributed by atoms with Crippen LogP contribution in [0.25, 0.3) is 0 Å². The third-order valence-corrected chi connectivity index (χ3v) is 3.49. The highest BCUT2D eigenvalue weighted by Gasteiger charge is 2.17. The first-order valence-electron chi connectivity index (χ1n) is 6.88. The van der Waals surface area contributed by atoms with Crippen molar-refractivity contribution in [2.45, 2.75) is 13.0 Å². The van der Waals surface area contributed by atoms with E-state index in [1.54, 1.807) is 17.7 Å². The first-order valence-corrected chi connectivity index (χ1v) is 6.88. The summed E-state index contributed by atoms with van der Waals surface area (Å²) in [6, 6.07) is 1.82. The maximum absolute atomic E-state index is 10.8. The van der Waals surface area contributed by atoms with Gasteiger partial charge in [-0.3, -0.25) is 14.8 Å². The maximum Gasteiger partial charge on any atom is 0.290 e. The Bertz CT molecular complexity index is 667. The number of aryl methyl sites for hydroxylation is 2. The smallest absolute Gasteiger partial charge is 0.290 e. The van der Waals surface area contributed by atoms with Gasteiger partial charge in [-0.2, -0.15) is 5.10 Å². The van der Waals surface area contributed by atoms with Crippen LogP contribution in [0, 0.1) is 17.0 Å². The van der Waals surface area contributed by atoms with Crippen molar-refractivity contribution < 1.29 is 4.92 Å². The van der Waals surface area contributed by atoms with Crippen molar-refractivity contribution in [3.63, 3.8) is 0 Å². The van der Waals surface area contributed by atoms with Gasteiger partial charge in [-0.05, 0) is 27.1 Å². The van der Waals surface area contributed by atoms with Gasteiger partial charge in [-0.15, -0.1) is 0 Å². The Labute approximate surface area is 128 Å². The van der Waals surface area contributed by atoms with Crippen LogP contribution in [0.3, 0.4) is 0 Å². The zero-order valence-electron chi connectivity index (χ0n) is 13.1. The van der Waals surface area contributed by atoms with E-state index < -0.39 is 4.92 Å². The SMILES string of the molecule is Cc1cc(NCC(c2cnn(C)c2)N(C)C)ncc1[N+](=O)[O-]. The number of hydrogen-bond acceptors (Lipinski definition) is 6. The summed E-state index contributed by atoms with van der Waals surface area (Å²) in [4.78, 5) is 16.6. The molecule has 22 heavy (non-hydrogen) atoms. The van der Waals surface area contributed by atoms with Gasteiger partial charge in [0.1, 0.15) is 12.0 Å². The molecular formula is C14H20N6O2. The van der Waals surface area contributed by atoms with Gasteiger partial charge >= 0.3 is 0 Å². The Kier molecular flexibility index (Phi) is 4.71. The summed E-state index contributed by atoms with van der Waals surface area (Å²) in [6.07, 6.45) is 5.09. The lowest BCUT2D eigenvalue weighted by molar-refractivity contribution is -0.385. The average molecular weight is 304 g/mol. The normalized spacial score (nSPS) is 12.4. The second-order valence-corrected chi connectivity index (χ2v) is 5.42. The van der Waals surface area contributed by atoms with E-state index in [1.807, 2.05) is 33.5 Å². The second kappa shape index (κ2) is 6.52. The van der Waals surface area contributed by atoms with E-state index in [0.717, 1.165) is 5.56 Å². The van der Waals surface area contributed by atoms with Gasteiger partial charge in [0, 0.05) is 30.9 Å². The topological polar surface area (TPSA) is 89.1 Å². The number of nitrogens with one attached hydrogen (secondary N) is 1. The zero-order valence-corrected chi connectivity index (χ0v) is 13.1. The van der Waals surface area contributed by atoms with Crippen LogP contribution in [-0.4, -0.2) is 45.2 Å². The molecule has 2 rings (SSSR count). The molecule has 0 aliphatic heterocycles. The largest absolute Gasteiger partial charge is 0.368 e. The molecule has 0 aliphatic carbocycles. The van der Waals surface area contributed by atoms with Crippen LogP contribution in [0.5, 0.6) is 0 Å². The van der Waals surface area contributed by atoms with Gasteiger partial charge < -0.3 is 10.2 Å². The lowest BCUT2D eigenvalue weighted by Crippen LogP contribution is -2.26. The lowest BCUT2D eigenvalue weighted by Gasteiger charge is -2.23. The van der Waals surface area contributed by atoms with Crippen LogP contribution in [0.2, 0.25) is 0 Å². The van der Waals surface area contributed by atoms with E-state index in [9.17, 15) is 10.1 Å². The highest BCUT2D eigenvalue weighted by atomic mass is 16.6. The quantitative estimate of drug-likeness (QED) is 0.646. The zero-order chi connectivity index (χ0) is 16.3. The summed E-state index contributed by atoms with van der Waals surface area (Å²) in [5.41, 5.74) is 1.71. The van der Waals surface area contributed by atoms with Gasteiger partial charge in [0.05, 0.1) is 17.2 Å². The van der Waals surface area contributed by atoms with Crippen LogP contribution in [0.1, 0.15) is 17.2 Å². The molecule has 0 aliphatic rings. The van der Waals surface area contributed by atoms with Gasteiger partial charge in [-0.1, -0.05) is 0 Å². The number of likely N-dealkylation sites (N-methyl/N-ethyl adjacent to an activating group) is 1. The van der Waals surface area contributed by atoms with Crippen LogP contribution >= 0.6 is 0 Å². The van der Waals surface area contributed by atoms with Crippen molar-refractivity contribution in [1.29, 1.82) is 0 Å². The van der Waals surface area contributed by atoms with Crippen LogP contribution in [-0.2, 0) is 7.05 Å². The number of hydrogen-bond donors (Lipinski definition) is 1. The monoisotopic (exact) mass is 304 g/mol. The highest BCUT2D eigenvalue weighted by molar-refractivity contribution is 5.47. The molecule has 8 heteroatoms. The summed E-state index contributed by atoms with van der Waals surface area (Å²) in [6.45, 7) is 2.33. The summed E-state index contributed by atoms with van der Waals surface area (Å²) in [5, 5.41) is 18.2. The Hall–Kier alpha value is -2.48. The Morgan fingerprint density at radius 3 is 2.68 bits per heavy atom. The van der Waals surface area contributed by atoms with Crippen LogP contribution in [0.15, 0.2) is 24.7 Å². The predicted molar refractivity (Wildman–Crippen MR) is 83.8 cm³/mol. The summed E-state index contributed by atoms with van der Waals surface area (Å²) < 4.78 is 1.76. The number of aromatic nitrogens is 3. The predicted octanol–water partition coefficient (Wildman–Crippen LogP) is 1.75. The molecule has 0 amide bonds. The molecule has 0 radical (unpaired) electrons. The third-order valence-electron chi connectivity index (χ3n) is 3.49. The van der Waals surface area contributed by atoms with Crippen molar-refractivity contribution in [2.75, 3.05) is 26.0 Å². The Balaban J connectivity index is 2.10. The van der Waals surface area contributed by atoms with E-state index in [-0.39, 0.29) is 11.7 Å². The molecule has 0 aromatic carbocycles. The molecule has 0 spiro atoms. The molecule has 8 nitrogen and oxygen atoms in total. The minimum Gasteiger partial charge on any atom is -0.368 e. The maximum atomic E-state index is 10.8. The van der Waals surface area contributed by atoms with Gasteiger partial charge in [-0.25, -0.2) is 4.98 Å². The minimum atomic E-state index is -0.426. The molecule has 0 fully saturated rings. The van der Waals surface area contributed by atoms with Crippen molar-refractivity contribution >= 4 is 11.5 Å². The summed E-state index contributed by atoms with van der Waals surface area (Å²) in [7, 11) is 5.87. The molecule has 1 atom stereocenters. The molecule has 2 aromatic rings. The van der Waals surface area contributed by atoms with E-state index >= 15 is 0 Å². The molecule has 0 saturated carbocycles. The lowest BCUT2D eigenvalue weighted by atomic mass is 10.1. The fourth-order valence-electron chi connectivity index (χ4n) is 2.25. The number of nitro groups is 1. The van der Waals surface area contributed by atoms with E-state index in [0.29, 0.717) is 17.9 Å². The standard InChI is InChI=1S/C14H20N6O2/c1-10-5-14(15-7-12(10)20(21)22)16-8-13(18(2)3)11-6-17-19(4)9-11/h5-7,9,13H,8H2,1-4H3,(H,15,16). The Morgan fingerprint density at radius 1 is 1.45 bits per heavy atom. The van der Waals surface area contributed by atoms with E-state index in [1.165, 1.54) is 6.20 Å². The number of anilines is 1. The fraction of sp³-hybridized carbons (Fsp3) is 0.429. The van der Waals surface area contributed by atoms with Gasteiger partial charge in [0.15, 0.2) is 0 Å². The summed E-state index contributed by atoms with van der Waals surface area (Å²) >= 11 is 0. The molecule has 118 valence electrons. The molecule has 2 heterocycles. The van der Waals surface area contributed by atoms with Gasteiger partial charge in [0.25, 0.3) is 5.69 Å². The van der Waals surface area contributed by atoms with Crippen molar-refractivity contribution in [2.24, 2.45) is 7.05 Å². The minimum absolute atomic E-state index is 0.0296. The molecular weight excluding hydrogens is 284 g/mol. The van der Waals surface area contributed by atoms with E-state index in [4.69, 9.17) is 0 Å².